The summed E-state index contributed by atoms with van der Waals surface area (Å²) in [7, 11) is 1.35. The van der Waals surface area contributed by atoms with E-state index >= 15 is 0 Å². The Hall–Kier alpha value is -1.91. The molecule has 0 saturated heterocycles. The van der Waals surface area contributed by atoms with E-state index in [2.05, 4.69) is 10.1 Å². The summed E-state index contributed by atoms with van der Waals surface area (Å²) in [4.78, 5) is 23.1. The minimum Gasteiger partial charge on any atom is -0.469 e. The molecule has 0 aliphatic rings. The first kappa shape index (κ1) is 17.1. The number of carbonyl (C=O) groups is 2. The van der Waals surface area contributed by atoms with Crippen molar-refractivity contribution in [3.05, 3.63) is 35.6 Å². The summed E-state index contributed by atoms with van der Waals surface area (Å²) in [5.74, 6) is -0.873. The molecule has 0 unspecified atom stereocenters. The van der Waals surface area contributed by atoms with Crippen LogP contribution >= 0.6 is 0 Å². The number of amides is 1. The lowest BCUT2D eigenvalue weighted by atomic mass is 9.83. The van der Waals surface area contributed by atoms with E-state index < -0.39 is 5.41 Å². The van der Waals surface area contributed by atoms with E-state index in [1.165, 1.54) is 13.2 Å². The van der Waals surface area contributed by atoms with Crippen molar-refractivity contribution in [1.29, 1.82) is 0 Å². The van der Waals surface area contributed by atoms with Crippen LogP contribution in [0.5, 0.6) is 0 Å². The second kappa shape index (κ2) is 7.76. The summed E-state index contributed by atoms with van der Waals surface area (Å²) in [6.45, 7) is 3.83. The highest BCUT2D eigenvalue weighted by molar-refractivity contribution is 5.87. The fourth-order valence-electron chi connectivity index (χ4n) is 2.01. The van der Waals surface area contributed by atoms with Crippen LogP contribution in [0, 0.1) is 5.82 Å². The van der Waals surface area contributed by atoms with E-state index in [-0.39, 0.29) is 17.7 Å². The number of carbonyl (C=O) groups excluding carboxylic acids is 2. The van der Waals surface area contributed by atoms with Gasteiger partial charge in [-0.3, -0.25) is 9.59 Å². The summed E-state index contributed by atoms with van der Waals surface area (Å²) in [6, 6.07) is 6.27. The number of esters is 1. The van der Waals surface area contributed by atoms with Crippen LogP contribution in [0.25, 0.3) is 0 Å². The van der Waals surface area contributed by atoms with Gasteiger partial charge in [-0.25, -0.2) is 4.39 Å². The number of methoxy groups -OCH3 is 1. The Bertz CT molecular complexity index is 500. The Balaban J connectivity index is 2.48. The minimum atomic E-state index is -0.937. The first-order chi connectivity index (χ1) is 9.89. The molecular weight excluding hydrogens is 273 g/mol. The third-order valence-corrected chi connectivity index (χ3v) is 3.44. The van der Waals surface area contributed by atoms with Crippen LogP contribution in [0.4, 0.5) is 4.39 Å². The maximum Gasteiger partial charge on any atom is 0.305 e. The molecule has 116 valence electrons. The second-order valence-corrected chi connectivity index (χ2v) is 5.39. The molecule has 1 aromatic rings. The van der Waals surface area contributed by atoms with Crippen LogP contribution < -0.4 is 5.32 Å². The third kappa shape index (κ3) is 4.85. The summed E-state index contributed by atoms with van der Waals surface area (Å²) in [6.07, 6.45) is 1.66. The van der Waals surface area contributed by atoms with Gasteiger partial charge in [-0.1, -0.05) is 18.2 Å². The predicted octanol–water partition coefficient (Wildman–Crippen LogP) is 2.56. The number of benzene rings is 1. The van der Waals surface area contributed by atoms with Crippen LogP contribution in [0.1, 0.15) is 38.7 Å². The van der Waals surface area contributed by atoms with Gasteiger partial charge in [-0.05, 0) is 32.8 Å². The molecule has 4 nitrogen and oxygen atoms in total. The topological polar surface area (TPSA) is 55.4 Å². The molecule has 0 aliphatic carbocycles. The lowest BCUT2D eigenvalue weighted by Gasteiger charge is -2.24. The standard InChI is InChI=1S/C16H22FNO3/c1-16(2,12-8-4-5-9-13(12)17)15(20)18-11-7-6-10-14(19)21-3/h4-5,8-9H,6-7,10-11H2,1-3H3,(H,18,20). The fourth-order valence-corrected chi connectivity index (χ4v) is 2.01. The van der Waals surface area contributed by atoms with Crippen molar-refractivity contribution in [3.8, 4) is 0 Å². The van der Waals surface area contributed by atoms with Crippen LogP contribution in [-0.2, 0) is 19.7 Å². The lowest BCUT2D eigenvalue weighted by molar-refractivity contribution is -0.140. The van der Waals surface area contributed by atoms with E-state index in [1.54, 1.807) is 32.0 Å². The zero-order valence-electron chi connectivity index (χ0n) is 12.7. The molecule has 5 heteroatoms. The van der Waals surface area contributed by atoms with Crippen LogP contribution in [-0.4, -0.2) is 25.5 Å². The Kier molecular flexibility index (Phi) is 6.34. The van der Waals surface area contributed by atoms with E-state index in [0.29, 0.717) is 31.4 Å². The molecule has 1 rings (SSSR count). The zero-order valence-corrected chi connectivity index (χ0v) is 12.7. The van der Waals surface area contributed by atoms with Crippen molar-refractivity contribution in [1.82, 2.24) is 5.32 Å². The maximum atomic E-state index is 13.8. The maximum absolute atomic E-state index is 13.8. The molecule has 1 aromatic carbocycles. The molecule has 0 aliphatic heterocycles. The summed E-state index contributed by atoms with van der Waals surface area (Å²) in [5.41, 5.74) is -0.565. The third-order valence-electron chi connectivity index (χ3n) is 3.44. The molecule has 1 amide bonds. The Morgan fingerprint density at radius 2 is 1.90 bits per heavy atom. The zero-order chi connectivity index (χ0) is 15.9. The second-order valence-electron chi connectivity index (χ2n) is 5.39. The molecular formula is C16H22FNO3. The Morgan fingerprint density at radius 1 is 1.24 bits per heavy atom. The van der Waals surface area contributed by atoms with Gasteiger partial charge in [0, 0.05) is 18.5 Å². The molecule has 0 fully saturated rings. The van der Waals surface area contributed by atoms with Gasteiger partial charge in [0.1, 0.15) is 5.82 Å². The lowest BCUT2D eigenvalue weighted by Crippen LogP contribution is -2.41. The van der Waals surface area contributed by atoms with Gasteiger partial charge in [0.25, 0.3) is 0 Å². The largest absolute Gasteiger partial charge is 0.469 e. The minimum absolute atomic E-state index is 0.231. The van der Waals surface area contributed by atoms with Gasteiger partial charge in [0.05, 0.1) is 12.5 Å². The highest BCUT2D eigenvalue weighted by Crippen LogP contribution is 2.25. The highest BCUT2D eigenvalue weighted by Gasteiger charge is 2.31. The van der Waals surface area contributed by atoms with Crippen molar-refractivity contribution in [2.24, 2.45) is 0 Å². The monoisotopic (exact) mass is 295 g/mol. The first-order valence-electron chi connectivity index (χ1n) is 6.99. The fraction of sp³-hybridized carbons (Fsp3) is 0.500. The van der Waals surface area contributed by atoms with Gasteiger partial charge in [-0.2, -0.15) is 0 Å². The molecule has 0 saturated carbocycles. The van der Waals surface area contributed by atoms with Crippen molar-refractivity contribution < 1.29 is 18.7 Å². The molecule has 0 heterocycles. The molecule has 0 spiro atoms. The SMILES string of the molecule is COC(=O)CCCCNC(=O)C(C)(C)c1ccccc1F. The van der Waals surface area contributed by atoms with Gasteiger partial charge < -0.3 is 10.1 Å². The average molecular weight is 295 g/mol. The van der Waals surface area contributed by atoms with E-state index in [4.69, 9.17) is 0 Å². The average Bonchev–Trinajstić information content (AvgIpc) is 2.46. The van der Waals surface area contributed by atoms with Gasteiger partial charge >= 0.3 is 5.97 Å². The number of halogens is 1. The molecule has 0 bridgehead atoms. The Labute approximate surface area is 124 Å². The number of hydrogen-bond donors (Lipinski definition) is 1. The van der Waals surface area contributed by atoms with Gasteiger partial charge in [0.15, 0.2) is 0 Å². The van der Waals surface area contributed by atoms with Crippen LogP contribution in [0.2, 0.25) is 0 Å². The smallest absolute Gasteiger partial charge is 0.305 e. The number of rotatable bonds is 7. The Morgan fingerprint density at radius 3 is 2.52 bits per heavy atom. The van der Waals surface area contributed by atoms with Crippen molar-refractivity contribution in [2.75, 3.05) is 13.7 Å². The molecule has 0 atom stereocenters. The first-order valence-corrected chi connectivity index (χ1v) is 6.99. The van der Waals surface area contributed by atoms with E-state index in [9.17, 15) is 14.0 Å². The predicted molar refractivity (Wildman–Crippen MR) is 78.3 cm³/mol. The number of unbranched alkanes of at least 4 members (excludes halogenated alkanes) is 1. The quantitative estimate of drug-likeness (QED) is 0.621. The number of nitrogens with one attached hydrogen (secondary N) is 1. The van der Waals surface area contributed by atoms with Crippen molar-refractivity contribution in [2.45, 2.75) is 38.5 Å². The normalized spacial score (nSPS) is 11.0. The molecule has 0 aromatic heterocycles. The number of ether oxygens (including phenoxy) is 1. The van der Waals surface area contributed by atoms with E-state index in [1.807, 2.05) is 0 Å². The molecule has 1 N–H and O–H groups in total. The van der Waals surface area contributed by atoms with Crippen LogP contribution in [0.3, 0.4) is 0 Å². The summed E-state index contributed by atoms with van der Waals surface area (Å²) in [5, 5.41) is 2.78. The summed E-state index contributed by atoms with van der Waals surface area (Å²) >= 11 is 0. The molecule has 0 radical (unpaired) electrons. The highest BCUT2D eigenvalue weighted by atomic mass is 19.1. The van der Waals surface area contributed by atoms with Crippen LogP contribution in [0.15, 0.2) is 24.3 Å². The van der Waals surface area contributed by atoms with Gasteiger partial charge in [0.2, 0.25) is 5.91 Å². The van der Waals surface area contributed by atoms with Gasteiger partial charge in [-0.15, -0.1) is 0 Å². The summed E-state index contributed by atoms with van der Waals surface area (Å²) < 4.78 is 18.3. The van der Waals surface area contributed by atoms with Crippen molar-refractivity contribution >= 4 is 11.9 Å². The molecule has 21 heavy (non-hydrogen) atoms. The van der Waals surface area contributed by atoms with Crippen molar-refractivity contribution in [3.63, 3.8) is 0 Å². The number of hydrogen-bond acceptors (Lipinski definition) is 3. The van der Waals surface area contributed by atoms with E-state index in [0.717, 1.165) is 0 Å².